The lowest BCUT2D eigenvalue weighted by Gasteiger charge is -2.40. The van der Waals surface area contributed by atoms with Crippen LogP contribution >= 0.6 is 0 Å². The summed E-state index contributed by atoms with van der Waals surface area (Å²) in [6.45, 7) is 6.17. The highest BCUT2D eigenvalue weighted by Crippen LogP contribution is 2.20. The summed E-state index contributed by atoms with van der Waals surface area (Å²) in [6.07, 6.45) is 2.57. The van der Waals surface area contributed by atoms with Crippen molar-refractivity contribution < 1.29 is 18.4 Å². The number of likely N-dealkylation sites (tertiary alicyclic amines) is 1. The van der Waals surface area contributed by atoms with Crippen LogP contribution in [0.1, 0.15) is 6.92 Å². The molecule has 1 aliphatic heterocycles. The molecule has 3 N–H and O–H groups in total. The molecule has 29 heavy (non-hydrogen) atoms. The van der Waals surface area contributed by atoms with E-state index in [1.165, 1.54) is 17.8 Å². The van der Waals surface area contributed by atoms with E-state index in [1.54, 1.807) is 25.1 Å². The van der Waals surface area contributed by atoms with E-state index < -0.39 is 15.9 Å². The van der Waals surface area contributed by atoms with E-state index in [9.17, 15) is 13.2 Å². The van der Waals surface area contributed by atoms with Crippen LogP contribution in [-0.2, 0) is 14.8 Å². The summed E-state index contributed by atoms with van der Waals surface area (Å²) in [7, 11) is -3.63. The normalized spacial score (nSPS) is 15.9. The second-order valence-electron chi connectivity index (χ2n) is 6.64. The van der Waals surface area contributed by atoms with Crippen molar-refractivity contribution in [3.8, 4) is 0 Å². The number of amides is 1. The number of nitrogens with zero attached hydrogens (tertiary/aromatic N) is 2. The fraction of sp³-hybridized carbons (Fsp3) is 0.200. The standard InChI is InChI=1S/C20H22N4O4S/c1-3-15(20(25)22-26)11-21-14(2)24-12-18(13-24)23-29(27,28)19-9-8-16-6-4-5-7-17(16)10-19/h3-11,18,23,26H,1,12-13H2,2H3,(H,22,25)/b15-11+,21-14+. The van der Waals surface area contributed by atoms with Crippen molar-refractivity contribution in [3.63, 3.8) is 0 Å². The van der Waals surface area contributed by atoms with Crippen molar-refractivity contribution in [2.24, 2.45) is 4.99 Å². The summed E-state index contributed by atoms with van der Waals surface area (Å²) >= 11 is 0. The number of benzene rings is 2. The van der Waals surface area contributed by atoms with Gasteiger partial charge in [-0.15, -0.1) is 0 Å². The molecule has 1 saturated heterocycles. The zero-order valence-corrected chi connectivity index (χ0v) is 16.7. The molecule has 1 fully saturated rings. The van der Waals surface area contributed by atoms with Crippen molar-refractivity contribution in [2.45, 2.75) is 17.9 Å². The molecule has 1 heterocycles. The second-order valence-corrected chi connectivity index (χ2v) is 8.35. The van der Waals surface area contributed by atoms with E-state index in [4.69, 9.17) is 5.21 Å². The molecule has 152 valence electrons. The van der Waals surface area contributed by atoms with Crippen molar-refractivity contribution >= 4 is 32.5 Å². The van der Waals surface area contributed by atoms with E-state index in [0.717, 1.165) is 10.8 Å². The molecule has 0 atom stereocenters. The topological polar surface area (TPSA) is 111 Å². The smallest absolute Gasteiger partial charge is 0.276 e. The van der Waals surface area contributed by atoms with E-state index in [2.05, 4.69) is 16.3 Å². The molecule has 1 amide bonds. The number of sulfonamides is 1. The maximum Gasteiger partial charge on any atom is 0.276 e. The van der Waals surface area contributed by atoms with Crippen LogP contribution in [-0.4, -0.2) is 49.4 Å². The molecule has 0 aliphatic carbocycles. The molecule has 0 unspecified atom stereocenters. The molecule has 0 saturated carbocycles. The Morgan fingerprint density at radius 3 is 2.59 bits per heavy atom. The Morgan fingerprint density at radius 2 is 1.93 bits per heavy atom. The fourth-order valence-corrected chi connectivity index (χ4v) is 4.21. The number of hydrogen-bond donors (Lipinski definition) is 3. The number of carbonyl (C=O) groups is 1. The summed E-state index contributed by atoms with van der Waals surface area (Å²) in [4.78, 5) is 17.7. The first kappa shape index (κ1) is 20.7. The zero-order valence-electron chi connectivity index (χ0n) is 15.9. The lowest BCUT2D eigenvalue weighted by Crippen LogP contribution is -2.60. The van der Waals surface area contributed by atoms with Gasteiger partial charge in [0.15, 0.2) is 0 Å². The molecule has 3 rings (SSSR count). The van der Waals surface area contributed by atoms with Gasteiger partial charge in [0.1, 0.15) is 5.84 Å². The van der Waals surface area contributed by atoms with Crippen LogP contribution in [0, 0.1) is 0 Å². The van der Waals surface area contributed by atoms with Gasteiger partial charge in [-0.2, -0.15) is 0 Å². The van der Waals surface area contributed by atoms with Gasteiger partial charge in [0.2, 0.25) is 10.0 Å². The van der Waals surface area contributed by atoms with Crippen LogP contribution in [0.25, 0.3) is 10.8 Å². The SMILES string of the molecule is C=C/C(=C\N=C(/C)N1CC(NS(=O)(=O)c2ccc3ccccc3c2)C1)C(=O)NO. The maximum absolute atomic E-state index is 12.7. The minimum Gasteiger partial charge on any atom is -0.357 e. The summed E-state index contributed by atoms with van der Waals surface area (Å²) in [5.41, 5.74) is 1.63. The first-order valence-corrected chi connectivity index (χ1v) is 10.4. The van der Waals surface area contributed by atoms with Gasteiger partial charge < -0.3 is 4.90 Å². The number of rotatable bonds is 6. The highest BCUT2D eigenvalue weighted by molar-refractivity contribution is 7.89. The number of amidine groups is 1. The Kier molecular flexibility index (Phi) is 6.12. The van der Waals surface area contributed by atoms with Gasteiger partial charge >= 0.3 is 0 Å². The Labute approximate surface area is 169 Å². The average molecular weight is 414 g/mol. The van der Waals surface area contributed by atoms with Gasteiger partial charge in [0, 0.05) is 19.3 Å². The lowest BCUT2D eigenvalue weighted by atomic mass is 10.1. The number of nitrogens with one attached hydrogen (secondary N) is 2. The number of hydroxylamine groups is 1. The Bertz CT molecular complexity index is 1100. The summed E-state index contributed by atoms with van der Waals surface area (Å²) in [5.74, 6) is -0.0857. The van der Waals surface area contributed by atoms with Crippen LogP contribution < -0.4 is 10.2 Å². The van der Waals surface area contributed by atoms with Crippen LogP contribution in [0.3, 0.4) is 0 Å². The predicted molar refractivity (Wildman–Crippen MR) is 111 cm³/mol. The van der Waals surface area contributed by atoms with Crippen molar-refractivity contribution in [1.29, 1.82) is 0 Å². The van der Waals surface area contributed by atoms with Crippen molar-refractivity contribution in [1.82, 2.24) is 15.1 Å². The molecule has 2 aromatic rings. The molecule has 8 nitrogen and oxygen atoms in total. The molecule has 0 bridgehead atoms. The maximum atomic E-state index is 12.7. The molecule has 0 aromatic heterocycles. The molecule has 0 radical (unpaired) electrons. The minimum atomic E-state index is -3.63. The Morgan fingerprint density at radius 1 is 1.24 bits per heavy atom. The number of fused-ring (bicyclic) bond motifs is 1. The third-order valence-electron chi connectivity index (χ3n) is 4.67. The highest BCUT2D eigenvalue weighted by atomic mass is 32.2. The minimum absolute atomic E-state index is 0.112. The first-order chi connectivity index (χ1) is 13.8. The summed E-state index contributed by atoms with van der Waals surface area (Å²) in [5, 5.41) is 10.5. The van der Waals surface area contributed by atoms with Crippen LogP contribution in [0.5, 0.6) is 0 Å². The second kappa shape index (κ2) is 8.56. The average Bonchev–Trinajstić information content (AvgIpc) is 2.70. The van der Waals surface area contributed by atoms with Crippen molar-refractivity contribution in [2.75, 3.05) is 13.1 Å². The van der Waals surface area contributed by atoms with Crippen molar-refractivity contribution in [3.05, 3.63) is 66.9 Å². The van der Waals surface area contributed by atoms with Gasteiger partial charge in [-0.25, -0.2) is 23.6 Å². The van der Waals surface area contributed by atoms with Crippen LogP contribution in [0.4, 0.5) is 0 Å². The predicted octanol–water partition coefficient (Wildman–Crippen LogP) is 1.80. The third-order valence-corrected chi connectivity index (χ3v) is 6.18. The Hall–Kier alpha value is -3.01. The number of aliphatic imine (C=N–C) groups is 1. The molecular formula is C20H22N4O4S. The van der Waals surface area contributed by atoms with Crippen LogP contribution in [0.15, 0.2) is 76.8 Å². The van der Waals surface area contributed by atoms with Gasteiger partial charge in [0.25, 0.3) is 5.91 Å². The van der Waals surface area contributed by atoms with E-state index in [-0.39, 0.29) is 16.5 Å². The zero-order chi connectivity index (χ0) is 21.0. The largest absolute Gasteiger partial charge is 0.357 e. The fourth-order valence-electron chi connectivity index (χ4n) is 2.95. The molecule has 2 aromatic carbocycles. The van der Waals surface area contributed by atoms with E-state index in [1.807, 2.05) is 29.2 Å². The Balaban J connectivity index is 1.63. The van der Waals surface area contributed by atoms with Gasteiger partial charge in [0.05, 0.1) is 16.5 Å². The van der Waals surface area contributed by atoms with Gasteiger partial charge in [-0.3, -0.25) is 10.0 Å². The summed E-state index contributed by atoms with van der Waals surface area (Å²) in [6, 6.07) is 12.4. The molecule has 0 spiro atoms. The highest BCUT2D eigenvalue weighted by Gasteiger charge is 2.31. The first-order valence-electron chi connectivity index (χ1n) is 8.91. The van der Waals surface area contributed by atoms with E-state index >= 15 is 0 Å². The molecule has 1 aliphatic rings. The molecular weight excluding hydrogens is 392 g/mol. The number of carbonyl (C=O) groups excluding carboxylic acids is 1. The molecule has 9 heteroatoms. The monoisotopic (exact) mass is 414 g/mol. The quantitative estimate of drug-likeness (QED) is 0.167. The van der Waals surface area contributed by atoms with Gasteiger partial charge in [-0.1, -0.05) is 43.0 Å². The van der Waals surface area contributed by atoms with Crippen LogP contribution in [0.2, 0.25) is 0 Å². The lowest BCUT2D eigenvalue weighted by molar-refractivity contribution is -0.124. The number of hydrogen-bond acceptors (Lipinski definition) is 5. The van der Waals surface area contributed by atoms with E-state index in [0.29, 0.717) is 18.9 Å². The third kappa shape index (κ3) is 4.70. The summed E-state index contributed by atoms with van der Waals surface area (Å²) < 4.78 is 28.0. The van der Waals surface area contributed by atoms with Gasteiger partial charge in [-0.05, 0) is 29.8 Å².